The molecule has 0 aliphatic rings. The molecule has 2 rings (SSSR count). The summed E-state index contributed by atoms with van der Waals surface area (Å²) < 4.78 is 4.84. The van der Waals surface area contributed by atoms with Crippen molar-refractivity contribution in [3.63, 3.8) is 0 Å². The minimum atomic E-state index is -0.735. The number of benzene rings is 1. The Morgan fingerprint density at radius 2 is 2.12 bits per heavy atom. The lowest BCUT2D eigenvalue weighted by Gasteiger charge is -2.25. The van der Waals surface area contributed by atoms with Gasteiger partial charge in [-0.1, -0.05) is 12.1 Å². The second-order valence-corrected chi connectivity index (χ2v) is 5.49. The third-order valence-electron chi connectivity index (χ3n) is 3.69. The molecule has 1 aromatic heterocycles. The first-order valence-corrected chi connectivity index (χ1v) is 7.77. The summed E-state index contributed by atoms with van der Waals surface area (Å²) in [5.74, 6) is -0.674. The summed E-state index contributed by atoms with van der Waals surface area (Å²) in [6.07, 6.45) is 2.68. The maximum absolute atomic E-state index is 12.6. The van der Waals surface area contributed by atoms with E-state index in [0.29, 0.717) is 17.7 Å². The van der Waals surface area contributed by atoms with Gasteiger partial charge in [-0.2, -0.15) is 0 Å². The second kappa shape index (κ2) is 8.09. The molecule has 0 aliphatic heterocycles. The van der Waals surface area contributed by atoms with E-state index in [2.05, 4.69) is 5.32 Å². The van der Waals surface area contributed by atoms with Gasteiger partial charge in [0.2, 0.25) is 5.91 Å². The van der Waals surface area contributed by atoms with Gasteiger partial charge in [0.15, 0.2) is 0 Å². The van der Waals surface area contributed by atoms with E-state index < -0.39 is 16.9 Å². The van der Waals surface area contributed by atoms with Crippen LogP contribution in [0.2, 0.25) is 0 Å². The molecule has 2 aromatic rings. The predicted molar refractivity (Wildman–Crippen MR) is 89.8 cm³/mol. The van der Waals surface area contributed by atoms with Crippen molar-refractivity contribution in [1.29, 1.82) is 0 Å². The van der Waals surface area contributed by atoms with E-state index in [1.165, 1.54) is 35.6 Å². The fourth-order valence-corrected chi connectivity index (χ4v) is 2.34. The van der Waals surface area contributed by atoms with Crippen LogP contribution in [0.3, 0.4) is 0 Å². The first kappa shape index (κ1) is 18.2. The summed E-state index contributed by atoms with van der Waals surface area (Å²) in [5.41, 5.74) is 0.960. The van der Waals surface area contributed by atoms with Gasteiger partial charge in [-0.25, -0.2) is 0 Å². The Bertz CT molecular complexity index is 757. The van der Waals surface area contributed by atoms with Gasteiger partial charge in [0.25, 0.3) is 11.6 Å². The van der Waals surface area contributed by atoms with Crippen LogP contribution >= 0.6 is 0 Å². The first-order chi connectivity index (χ1) is 11.9. The van der Waals surface area contributed by atoms with Crippen LogP contribution in [0.5, 0.6) is 0 Å². The number of nitrogens with one attached hydrogen (secondary N) is 1. The SMILES string of the molecule is CCN(Cc1cccc([N+](=O)[O-])c1)C(=O)C(C)NC(=O)c1ccoc1. The molecule has 2 amide bonds. The number of nitrogens with zero attached hydrogens (tertiary/aromatic N) is 2. The molecule has 132 valence electrons. The van der Waals surface area contributed by atoms with Crippen molar-refractivity contribution in [2.45, 2.75) is 26.4 Å². The van der Waals surface area contributed by atoms with E-state index in [0.717, 1.165) is 0 Å². The molecule has 1 unspecified atom stereocenters. The van der Waals surface area contributed by atoms with Gasteiger partial charge in [-0.15, -0.1) is 0 Å². The van der Waals surface area contributed by atoms with Crippen LogP contribution in [0, 0.1) is 10.1 Å². The van der Waals surface area contributed by atoms with Gasteiger partial charge < -0.3 is 14.6 Å². The summed E-state index contributed by atoms with van der Waals surface area (Å²) in [4.78, 5) is 36.5. The number of likely N-dealkylation sites (N-methyl/N-ethyl adjacent to an activating group) is 1. The molecule has 8 nitrogen and oxygen atoms in total. The maximum Gasteiger partial charge on any atom is 0.269 e. The number of carbonyl (C=O) groups is 2. The lowest BCUT2D eigenvalue weighted by atomic mass is 10.1. The normalized spacial score (nSPS) is 11.6. The van der Waals surface area contributed by atoms with Crippen LogP contribution in [0.1, 0.15) is 29.8 Å². The summed E-state index contributed by atoms with van der Waals surface area (Å²) >= 11 is 0. The fraction of sp³-hybridized carbons (Fsp3) is 0.294. The lowest BCUT2D eigenvalue weighted by Crippen LogP contribution is -2.46. The number of non-ortho nitro benzene ring substituents is 1. The number of amides is 2. The van der Waals surface area contributed by atoms with Gasteiger partial charge in [0.05, 0.1) is 16.7 Å². The highest BCUT2D eigenvalue weighted by molar-refractivity contribution is 5.97. The van der Waals surface area contributed by atoms with Crippen molar-refractivity contribution < 1.29 is 18.9 Å². The molecule has 0 aliphatic carbocycles. The minimum Gasteiger partial charge on any atom is -0.472 e. The molecule has 8 heteroatoms. The average molecular weight is 345 g/mol. The van der Waals surface area contributed by atoms with Crippen LogP contribution < -0.4 is 5.32 Å². The molecule has 0 bridgehead atoms. The number of carbonyl (C=O) groups excluding carboxylic acids is 2. The third kappa shape index (κ3) is 4.66. The Balaban J connectivity index is 2.03. The highest BCUT2D eigenvalue weighted by Crippen LogP contribution is 2.15. The van der Waals surface area contributed by atoms with E-state index in [9.17, 15) is 19.7 Å². The highest BCUT2D eigenvalue weighted by atomic mass is 16.6. The van der Waals surface area contributed by atoms with E-state index in [1.807, 2.05) is 0 Å². The van der Waals surface area contributed by atoms with Crippen molar-refractivity contribution in [3.05, 3.63) is 64.1 Å². The molecule has 25 heavy (non-hydrogen) atoms. The fourth-order valence-electron chi connectivity index (χ4n) is 2.34. The molecule has 0 radical (unpaired) electrons. The minimum absolute atomic E-state index is 0.0256. The molecular weight excluding hydrogens is 326 g/mol. The van der Waals surface area contributed by atoms with Crippen molar-refractivity contribution in [3.8, 4) is 0 Å². The molecule has 1 N–H and O–H groups in total. The van der Waals surface area contributed by atoms with Crippen molar-refractivity contribution >= 4 is 17.5 Å². The lowest BCUT2D eigenvalue weighted by molar-refractivity contribution is -0.384. The summed E-state index contributed by atoms with van der Waals surface area (Å²) in [6, 6.07) is 6.90. The zero-order chi connectivity index (χ0) is 18.4. The molecule has 0 spiro atoms. The molecule has 0 saturated carbocycles. The van der Waals surface area contributed by atoms with E-state index in [4.69, 9.17) is 4.42 Å². The Morgan fingerprint density at radius 3 is 2.72 bits per heavy atom. The van der Waals surface area contributed by atoms with Crippen molar-refractivity contribution in [2.75, 3.05) is 6.54 Å². The zero-order valence-corrected chi connectivity index (χ0v) is 14.0. The second-order valence-electron chi connectivity index (χ2n) is 5.49. The van der Waals surface area contributed by atoms with Crippen molar-refractivity contribution in [1.82, 2.24) is 10.2 Å². The number of hydrogen-bond acceptors (Lipinski definition) is 5. The first-order valence-electron chi connectivity index (χ1n) is 7.77. The van der Waals surface area contributed by atoms with Crippen LogP contribution in [-0.4, -0.2) is 34.2 Å². The zero-order valence-electron chi connectivity index (χ0n) is 14.0. The number of furan rings is 1. The Kier molecular flexibility index (Phi) is 5.89. The number of nitro groups is 1. The number of nitro benzene ring substituents is 1. The summed E-state index contributed by atoms with van der Waals surface area (Å²) in [6.45, 7) is 4.03. The smallest absolute Gasteiger partial charge is 0.269 e. The van der Waals surface area contributed by atoms with Crippen LogP contribution in [-0.2, 0) is 11.3 Å². The van der Waals surface area contributed by atoms with E-state index in [-0.39, 0.29) is 18.1 Å². The Labute approximate surface area is 144 Å². The molecule has 1 heterocycles. The molecule has 1 aromatic carbocycles. The topological polar surface area (TPSA) is 106 Å². The standard InChI is InChI=1S/C17H19N3O5/c1-3-19(10-13-5-4-6-15(9-13)20(23)24)17(22)12(2)18-16(21)14-7-8-25-11-14/h4-9,11-12H,3,10H2,1-2H3,(H,18,21). The van der Waals surface area contributed by atoms with Gasteiger partial charge >= 0.3 is 0 Å². The Morgan fingerprint density at radius 1 is 1.36 bits per heavy atom. The third-order valence-corrected chi connectivity index (χ3v) is 3.69. The average Bonchev–Trinajstić information content (AvgIpc) is 3.14. The van der Waals surface area contributed by atoms with Gasteiger partial charge in [-0.3, -0.25) is 19.7 Å². The van der Waals surface area contributed by atoms with Crippen LogP contribution in [0.15, 0.2) is 47.3 Å². The monoisotopic (exact) mass is 345 g/mol. The molecule has 0 saturated heterocycles. The summed E-state index contributed by atoms with van der Waals surface area (Å²) in [5, 5.41) is 13.5. The number of hydrogen-bond donors (Lipinski definition) is 1. The predicted octanol–water partition coefficient (Wildman–Crippen LogP) is 2.35. The van der Waals surface area contributed by atoms with Crippen LogP contribution in [0.25, 0.3) is 0 Å². The van der Waals surface area contributed by atoms with Crippen LogP contribution in [0.4, 0.5) is 5.69 Å². The largest absolute Gasteiger partial charge is 0.472 e. The Hall–Kier alpha value is -3.16. The molecular formula is C17H19N3O5. The summed E-state index contributed by atoms with van der Waals surface area (Å²) in [7, 11) is 0. The maximum atomic E-state index is 12.6. The van der Waals surface area contributed by atoms with Gasteiger partial charge in [0.1, 0.15) is 12.3 Å². The van der Waals surface area contributed by atoms with Crippen molar-refractivity contribution in [2.24, 2.45) is 0 Å². The van der Waals surface area contributed by atoms with E-state index in [1.54, 1.807) is 26.0 Å². The van der Waals surface area contributed by atoms with Gasteiger partial charge in [-0.05, 0) is 25.5 Å². The molecule has 0 fully saturated rings. The highest BCUT2D eigenvalue weighted by Gasteiger charge is 2.22. The quantitative estimate of drug-likeness (QED) is 0.612. The van der Waals surface area contributed by atoms with E-state index >= 15 is 0 Å². The van der Waals surface area contributed by atoms with Gasteiger partial charge in [0, 0.05) is 25.2 Å². The number of rotatable bonds is 7. The molecule has 1 atom stereocenters.